The highest BCUT2D eigenvalue weighted by Gasteiger charge is 2.33. The van der Waals surface area contributed by atoms with Crippen LogP contribution in [0.15, 0.2) is 54.6 Å². The van der Waals surface area contributed by atoms with Crippen molar-refractivity contribution in [1.82, 2.24) is 19.7 Å². The van der Waals surface area contributed by atoms with Crippen LogP contribution in [0.3, 0.4) is 0 Å². The van der Waals surface area contributed by atoms with Gasteiger partial charge in [-0.25, -0.2) is 9.67 Å². The van der Waals surface area contributed by atoms with Gasteiger partial charge in [0.2, 0.25) is 5.91 Å². The lowest BCUT2D eigenvalue weighted by molar-refractivity contribution is -0.136. The minimum atomic E-state index is -0.643. The summed E-state index contributed by atoms with van der Waals surface area (Å²) in [6, 6.07) is 15.7. The molecular weight excluding hydrogens is 390 g/mol. The molecule has 0 unspecified atom stereocenters. The number of aromatic nitrogens is 3. The third kappa shape index (κ3) is 4.26. The Hall–Kier alpha value is -2.90. The van der Waals surface area contributed by atoms with Crippen LogP contribution in [0.5, 0.6) is 5.75 Å². The maximum Gasteiger partial charge on any atom is 0.240 e. The van der Waals surface area contributed by atoms with Crippen molar-refractivity contribution in [2.75, 3.05) is 6.54 Å². The van der Waals surface area contributed by atoms with E-state index in [1.165, 1.54) is 0 Å². The van der Waals surface area contributed by atoms with E-state index in [0.717, 1.165) is 17.0 Å². The fraction of sp³-hybridized carbons (Fsp3) is 0.286. The van der Waals surface area contributed by atoms with Crippen molar-refractivity contribution >= 4 is 18.3 Å². The molecule has 152 valence electrons. The van der Waals surface area contributed by atoms with Gasteiger partial charge < -0.3 is 15.7 Å². The largest absolute Gasteiger partial charge is 0.508 e. The number of hydrogen-bond donors (Lipinski definition) is 2. The summed E-state index contributed by atoms with van der Waals surface area (Å²) in [5.74, 6) is 1.54. The second-order valence-electron chi connectivity index (χ2n) is 7.07. The summed E-state index contributed by atoms with van der Waals surface area (Å²) < 4.78 is 1.88. The molecule has 0 saturated heterocycles. The van der Waals surface area contributed by atoms with E-state index in [1.807, 2.05) is 41.9 Å². The van der Waals surface area contributed by atoms with Gasteiger partial charge in [0.1, 0.15) is 11.6 Å². The first-order valence-electron chi connectivity index (χ1n) is 9.37. The predicted molar refractivity (Wildman–Crippen MR) is 113 cm³/mol. The number of phenols is 1. The molecule has 0 fully saturated rings. The molecule has 2 aromatic carbocycles. The number of aromatic hydroxyl groups is 1. The first kappa shape index (κ1) is 20.8. The summed E-state index contributed by atoms with van der Waals surface area (Å²) in [6.07, 6.45) is 0.421. The third-order valence-corrected chi connectivity index (χ3v) is 5.12. The van der Waals surface area contributed by atoms with Gasteiger partial charge in [-0.15, -0.1) is 12.4 Å². The van der Waals surface area contributed by atoms with Crippen LogP contribution in [0.2, 0.25) is 0 Å². The SMILES string of the molecule is C[C@H]1c2nc(-c3ccccc3)nn2CCN1C(=O)[C@@H](N)Cc1ccc(O)cc1.Cl. The van der Waals surface area contributed by atoms with Gasteiger partial charge in [-0.05, 0) is 31.0 Å². The molecule has 0 saturated carbocycles. The molecule has 2 heterocycles. The molecular formula is C21H24ClN5O2. The second kappa shape index (κ2) is 8.63. The lowest BCUT2D eigenvalue weighted by atomic mass is 10.0. The number of nitrogens with two attached hydrogens (primary N) is 1. The standard InChI is InChI=1S/C21H23N5O2.ClH/c1-14-20-23-19(16-5-3-2-4-6-16)24-26(20)12-11-25(14)21(28)18(22)13-15-7-9-17(27)10-8-15;/h2-10,14,18,27H,11-13,22H2,1H3;1H/t14-,18-;/m0./s1. The summed E-state index contributed by atoms with van der Waals surface area (Å²) in [4.78, 5) is 19.4. The van der Waals surface area contributed by atoms with Crippen LogP contribution < -0.4 is 5.73 Å². The highest BCUT2D eigenvalue weighted by molar-refractivity contribution is 5.85. The van der Waals surface area contributed by atoms with Crippen molar-refractivity contribution in [2.45, 2.75) is 32.0 Å². The van der Waals surface area contributed by atoms with Crippen LogP contribution in [0.4, 0.5) is 0 Å². The second-order valence-corrected chi connectivity index (χ2v) is 7.07. The van der Waals surface area contributed by atoms with E-state index < -0.39 is 6.04 Å². The number of halogens is 1. The molecule has 4 rings (SSSR count). The van der Waals surface area contributed by atoms with Gasteiger partial charge in [-0.3, -0.25) is 4.79 Å². The minimum absolute atomic E-state index is 0. The van der Waals surface area contributed by atoms with Crippen molar-refractivity contribution in [2.24, 2.45) is 5.73 Å². The first-order chi connectivity index (χ1) is 13.5. The first-order valence-corrected chi connectivity index (χ1v) is 9.37. The van der Waals surface area contributed by atoms with Crippen molar-refractivity contribution in [3.8, 4) is 17.1 Å². The molecule has 3 N–H and O–H groups in total. The van der Waals surface area contributed by atoms with E-state index in [0.29, 0.717) is 25.3 Å². The molecule has 2 atom stereocenters. The number of hydrogen-bond acceptors (Lipinski definition) is 5. The Labute approximate surface area is 175 Å². The van der Waals surface area contributed by atoms with E-state index >= 15 is 0 Å². The highest BCUT2D eigenvalue weighted by Crippen LogP contribution is 2.27. The smallest absolute Gasteiger partial charge is 0.240 e. The quantitative estimate of drug-likeness (QED) is 0.685. The molecule has 8 heteroatoms. The third-order valence-electron chi connectivity index (χ3n) is 5.12. The van der Waals surface area contributed by atoms with E-state index in [9.17, 15) is 9.90 Å². The summed E-state index contributed by atoms with van der Waals surface area (Å²) in [5, 5.41) is 14.0. The van der Waals surface area contributed by atoms with Gasteiger partial charge in [-0.2, -0.15) is 5.10 Å². The van der Waals surface area contributed by atoms with Crippen LogP contribution in [-0.2, 0) is 17.8 Å². The Morgan fingerprint density at radius 3 is 2.55 bits per heavy atom. The molecule has 1 amide bonds. The normalized spacial score (nSPS) is 16.6. The molecule has 1 aromatic heterocycles. The van der Waals surface area contributed by atoms with Crippen LogP contribution in [-0.4, -0.2) is 43.3 Å². The average Bonchev–Trinajstić information content (AvgIpc) is 3.15. The van der Waals surface area contributed by atoms with Crippen molar-refractivity contribution in [1.29, 1.82) is 0 Å². The molecule has 0 bridgehead atoms. The number of benzene rings is 2. The van der Waals surface area contributed by atoms with Gasteiger partial charge in [-0.1, -0.05) is 42.5 Å². The fourth-order valence-electron chi connectivity index (χ4n) is 3.56. The van der Waals surface area contributed by atoms with E-state index in [-0.39, 0.29) is 30.1 Å². The Bertz CT molecular complexity index is 974. The Balaban J connectivity index is 0.00000240. The molecule has 0 aliphatic carbocycles. The van der Waals surface area contributed by atoms with Gasteiger partial charge in [0, 0.05) is 12.1 Å². The average molecular weight is 414 g/mol. The van der Waals surface area contributed by atoms with Crippen LogP contribution in [0.25, 0.3) is 11.4 Å². The summed E-state index contributed by atoms with van der Waals surface area (Å²) in [5.41, 5.74) is 8.07. The van der Waals surface area contributed by atoms with E-state index in [4.69, 9.17) is 5.73 Å². The number of phenolic OH excluding ortho intramolecular Hbond substituents is 1. The summed E-state index contributed by atoms with van der Waals surface area (Å²) in [6.45, 7) is 3.10. The number of rotatable bonds is 4. The minimum Gasteiger partial charge on any atom is -0.508 e. The van der Waals surface area contributed by atoms with Crippen molar-refractivity contribution in [3.05, 3.63) is 66.0 Å². The van der Waals surface area contributed by atoms with E-state index in [2.05, 4.69) is 10.1 Å². The zero-order valence-corrected chi connectivity index (χ0v) is 16.9. The van der Waals surface area contributed by atoms with Gasteiger partial charge in [0.05, 0.1) is 18.6 Å². The predicted octanol–water partition coefficient (Wildman–Crippen LogP) is 2.55. The topological polar surface area (TPSA) is 97.3 Å². The van der Waals surface area contributed by atoms with Gasteiger partial charge in [0.25, 0.3) is 0 Å². The maximum absolute atomic E-state index is 13.0. The maximum atomic E-state index is 13.0. The molecule has 0 spiro atoms. The van der Waals surface area contributed by atoms with Crippen LogP contribution in [0.1, 0.15) is 24.4 Å². The number of nitrogens with zero attached hydrogens (tertiary/aromatic N) is 4. The Kier molecular flexibility index (Phi) is 6.20. The lowest BCUT2D eigenvalue weighted by Gasteiger charge is -2.34. The Morgan fingerprint density at radius 1 is 1.17 bits per heavy atom. The highest BCUT2D eigenvalue weighted by atomic mass is 35.5. The number of carbonyl (C=O) groups is 1. The lowest BCUT2D eigenvalue weighted by Crippen LogP contribution is -2.49. The number of fused-ring (bicyclic) bond motifs is 1. The monoisotopic (exact) mass is 413 g/mol. The molecule has 3 aromatic rings. The zero-order chi connectivity index (χ0) is 19.7. The summed E-state index contributed by atoms with van der Waals surface area (Å²) in [7, 11) is 0. The fourth-order valence-corrected chi connectivity index (χ4v) is 3.56. The number of carbonyl (C=O) groups excluding carboxylic acids is 1. The van der Waals surface area contributed by atoms with Gasteiger partial charge >= 0.3 is 0 Å². The van der Waals surface area contributed by atoms with Crippen molar-refractivity contribution in [3.63, 3.8) is 0 Å². The molecule has 29 heavy (non-hydrogen) atoms. The van der Waals surface area contributed by atoms with Gasteiger partial charge in [0.15, 0.2) is 5.82 Å². The Morgan fingerprint density at radius 2 is 1.86 bits per heavy atom. The van der Waals surface area contributed by atoms with E-state index in [1.54, 1.807) is 29.2 Å². The molecule has 1 aliphatic rings. The summed E-state index contributed by atoms with van der Waals surface area (Å²) >= 11 is 0. The molecule has 0 radical (unpaired) electrons. The number of amides is 1. The molecule has 7 nitrogen and oxygen atoms in total. The molecule has 1 aliphatic heterocycles. The zero-order valence-electron chi connectivity index (χ0n) is 16.1. The van der Waals surface area contributed by atoms with Crippen LogP contribution >= 0.6 is 12.4 Å². The van der Waals surface area contributed by atoms with Crippen LogP contribution in [0, 0.1) is 0 Å². The van der Waals surface area contributed by atoms with Crippen molar-refractivity contribution < 1.29 is 9.90 Å².